The van der Waals surface area contributed by atoms with Crippen LogP contribution in [-0.4, -0.2) is 15.8 Å². The van der Waals surface area contributed by atoms with Crippen LogP contribution in [0.4, 0.5) is 0 Å². The maximum Gasteiger partial charge on any atom is 0.178 e. The molecule has 0 radical (unpaired) electrons. The van der Waals surface area contributed by atoms with Crippen molar-refractivity contribution in [1.29, 1.82) is 0 Å². The van der Waals surface area contributed by atoms with E-state index in [-0.39, 0.29) is 5.78 Å². The summed E-state index contributed by atoms with van der Waals surface area (Å²) in [7, 11) is 0. The van der Waals surface area contributed by atoms with Gasteiger partial charge < -0.3 is 0 Å². The third-order valence-corrected chi connectivity index (χ3v) is 2.11. The summed E-state index contributed by atoms with van der Waals surface area (Å²) in [5, 5.41) is 1.25. The Morgan fingerprint density at radius 3 is 2.93 bits per heavy atom. The van der Waals surface area contributed by atoms with E-state index in [1.54, 1.807) is 18.3 Å². The molecule has 0 unspecified atom stereocenters. The quantitative estimate of drug-likeness (QED) is 0.532. The minimum absolute atomic E-state index is 0.0557. The fourth-order valence-electron chi connectivity index (χ4n) is 1.19. The van der Waals surface area contributed by atoms with Gasteiger partial charge in [0.15, 0.2) is 5.78 Å². The zero-order valence-corrected chi connectivity index (χ0v) is 8.25. The Morgan fingerprint density at radius 2 is 2.21 bits per heavy atom. The van der Waals surface area contributed by atoms with Crippen LogP contribution in [0.1, 0.15) is 17.4 Å². The molecule has 0 saturated heterocycles. The number of carbonyl (C=O) groups excluding carboxylic acids is 1. The Labute approximate surface area is 85.7 Å². The van der Waals surface area contributed by atoms with E-state index in [0.29, 0.717) is 16.4 Å². The normalized spacial score (nSPS) is 10.4. The first-order valence-electron chi connectivity index (χ1n) is 4.10. The van der Waals surface area contributed by atoms with Crippen molar-refractivity contribution in [3.63, 3.8) is 0 Å². The summed E-state index contributed by atoms with van der Waals surface area (Å²) in [6.07, 6.45) is 1.63. The van der Waals surface area contributed by atoms with Gasteiger partial charge in [0.25, 0.3) is 0 Å². The molecule has 0 bridgehead atoms. The molecule has 0 spiro atoms. The highest BCUT2D eigenvalue weighted by Crippen LogP contribution is 2.15. The van der Waals surface area contributed by atoms with Crippen molar-refractivity contribution in [3.05, 3.63) is 35.2 Å². The first-order valence-corrected chi connectivity index (χ1v) is 4.48. The predicted molar refractivity (Wildman–Crippen MR) is 54.6 cm³/mol. The van der Waals surface area contributed by atoms with Crippen molar-refractivity contribution in [2.75, 3.05) is 0 Å². The molecule has 0 aliphatic heterocycles. The first kappa shape index (κ1) is 9.09. The second-order valence-electron chi connectivity index (χ2n) is 2.95. The van der Waals surface area contributed by atoms with Gasteiger partial charge in [-0.1, -0.05) is 11.6 Å². The van der Waals surface area contributed by atoms with Crippen molar-refractivity contribution in [2.24, 2.45) is 0 Å². The van der Waals surface area contributed by atoms with Gasteiger partial charge in [0.2, 0.25) is 0 Å². The van der Waals surface area contributed by atoms with Crippen LogP contribution in [-0.2, 0) is 0 Å². The monoisotopic (exact) mass is 206 g/mol. The zero-order valence-electron chi connectivity index (χ0n) is 7.49. The molecule has 70 valence electrons. The highest BCUT2D eigenvalue weighted by Gasteiger charge is 2.03. The number of pyridine rings is 2. The molecule has 0 aromatic carbocycles. The molecule has 0 aliphatic rings. The number of nitrogens with zero attached hydrogens (tertiary/aromatic N) is 2. The fraction of sp³-hybridized carbons (Fsp3) is 0.100. The van der Waals surface area contributed by atoms with E-state index in [9.17, 15) is 4.79 Å². The van der Waals surface area contributed by atoms with Gasteiger partial charge in [-0.2, -0.15) is 0 Å². The zero-order chi connectivity index (χ0) is 10.1. The molecule has 0 N–H and O–H groups in total. The Kier molecular flexibility index (Phi) is 2.17. The minimum Gasteiger partial charge on any atom is -0.293 e. The number of hydrogen-bond acceptors (Lipinski definition) is 3. The van der Waals surface area contributed by atoms with Crippen LogP contribution in [0.5, 0.6) is 0 Å². The van der Waals surface area contributed by atoms with Gasteiger partial charge in [0.1, 0.15) is 10.8 Å². The van der Waals surface area contributed by atoms with Crippen LogP contribution in [0.15, 0.2) is 24.4 Å². The van der Waals surface area contributed by atoms with E-state index >= 15 is 0 Å². The third-order valence-electron chi connectivity index (χ3n) is 1.90. The predicted octanol–water partition coefficient (Wildman–Crippen LogP) is 2.49. The van der Waals surface area contributed by atoms with Gasteiger partial charge >= 0.3 is 0 Å². The molecule has 3 nitrogen and oxygen atoms in total. The van der Waals surface area contributed by atoms with Gasteiger partial charge in [-0.15, -0.1) is 0 Å². The van der Waals surface area contributed by atoms with Crippen molar-refractivity contribution in [1.82, 2.24) is 9.97 Å². The van der Waals surface area contributed by atoms with E-state index < -0.39 is 0 Å². The summed E-state index contributed by atoms with van der Waals surface area (Å²) in [6, 6.07) is 5.13. The molecule has 0 fully saturated rings. The molecule has 0 amide bonds. The van der Waals surface area contributed by atoms with E-state index in [1.807, 2.05) is 6.07 Å². The van der Waals surface area contributed by atoms with Crippen LogP contribution in [0.3, 0.4) is 0 Å². The number of hydrogen-bond donors (Lipinski definition) is 0. The number of halogens is 1. The molecule has 2 aromatic rings. The van der Waals surface area contributed by atoms with Gasteiger partial charge in [-0.25, -0.2) is 9.97 Å². The van der Waals surface area contributed by atoms with E-state index in [0.717, 1.165) is 5.39 Å². The second kappa shape index (κ2) is 3.35. The Hall–Kier alpha value is -1.48. The Balaban J connectivity index is 2.69. The smallest absolute Gasteiger partial charge is 0.178 e. The van der Waals surface area contributed by atoms with Gasteiger partial charge in [-0.3, -0.25) is 4.79 Å². The maximum atomic E-state index is 11.1. The van der Waals surface area contributed by atoms with Crippen LogP contribution < -0.4 is 0 Å². The third kappa shape index (κ3) is 1.59. The fourth-order valence-corrected chi connectivity index (χ4v) is 1.34. The number of aromatic nitrogens is 2. The maximum absolute atomic E-state index is 11.1. The summed E-state index contributed by atoms with van der Waals surface area (Å²) in [5.41, 5.74) is 1.14. The lowest BCUT2D eigenvalue weighted by molar-refractivity contribution is 0.101. The Bertz CT molecular complexity index is 510. The Morgan fingerprint density at radius 1 is 1.43 bits per heavy atom. The number of ketones is 1. The summed E-state index contributed by atoms with van der Waals surface area (Å²) in [4.78, 5) is 19.1. The van der Waals surface area contributed by atoms with Crippen LogP contribution in [0, 0.1) is 0 Å². The molecule has 0 atom stereocenters. The topological polar surface area (TPSA) is 42.9 Å². The first-order chi connectivity index (χ1) is 6.66. The lowest BCUT2D eigenvalue weighted by Gasteiger charge is -1.99. The molecular formula is C10H7ClN2O. The SMILES string of the molecule is CC(=O)c1ccc2cnc(Cl)cc2n1. The average Bonchev–Trinajstić information content (AvgIpc) is 2.16. The lowest BCUT2D eigenvalue weighted by atomic mass is 10.2. The van der Waals surface area contributed by atoms with Crippen molar-refractivity contribution in [2.45, 2.75) is 6.92 Å². The number of fused-ring (bicyclic) bond motifs is 1. The standard InChI is InChI=1S/C10H7ClN2O/c1-6(14)8-3-2-7-5-12-10(11)4-9(7)13-8/h2-5H,1H3. The lowest BCUT2D eigenvalue weighted by Crippen LogP contribution is -1.96. The van der Waals surface area contributed by atoms with E-state index in [2.05, 4.69) is 9.97 Å². The van der Waals surface area contributed by atoms with E-state index in [1.165, 1.54) is 6.92 Å². The van der Waals surface area contributed by atoms with Gasteiger partial charge in [0, 0.05) is 24.6 Å². The minimum atomic E-state index is -0.0557. The average molecular weight is 207 g/mol. The van der Waals surface area contributed by atoms with Crippen LogP contribution >= 0.6 is 11.6 Å². The number of Topliss-reactive ketones (excluding diaryl/α,β-unsaturated/α-hetero) is 1. The van der Waals surface area contributed by atoms with Gasteiger partial charge in [-0.05, 0) is 12.1 Å². The molecule has 0 saturated carbocycles. The summed E-state index contributed by atoms with van der Waals surface area (Å²) >= 11 is 5.71. The highest BCUT2D eigenvalue weighted by atomic mass is 35.5. The number of carbonyl (C=O) groups is 1. The van der Waals surface area contributed by atoms with E-state index in [4.69, 9.17) is 11.6 Å². The summed E-state index contributed by atoms with van der Waals surface area (Å²) in [5.74, 6) is -0.0557. The molecule has 14 heavy (non-hydrogen) atoms. The summed E-state index contributed by atoms with van der Waals surface area (Å²) < 4.78 is 0. The molecule has 0 aliphatic carbocycles. The molecule has 4 heteroatoms. The molecule has 2 heterocycles. The van der Waals surface area contributed by atoms with Crippen molar-refractivity contribution < 1.29 is 4.79 Å². The van der Waals surface area contributed by atoms with Crippen molar-refractivity contribution >= 4 is 28.3 Å². The highest BCUT2D eigenvalue weighted by molar-refractivity contribution is 6.30. The molecular weight excluding hydrogens is 200 g/mol. The summed E-state index contributed by atoms with van der Waals surface area (Å²) in [6.45, 7) is 1.48. The molecule has 2 aromatic heterocycles. The second-order valence-corrected chi connectivity index (χ2v) is 3.34. The number of rotatable bonds is 1. The van der Waals surface area contributed by atoms with Crippen LogP contribution in [0.25, 0.3) is 10.9 Å². The molecule has 2 rings (SSSR count). The van der Waals surface area contributed by atoms with Crippen LogP contribution in [0.2, 0.25) is 5.15 Å². The largest absolute Gasteiger partial charge is 0.293 e. The van der Waals surface area contributed by atoms with Crippen molar-refractivity contribution in [3.8, 4) is 0 Å². The van der Waals surface area contributed by atoms with Gasteiger partial charge in [0.05, 0.1) is 5.52 Å².